The minimum absolute atomic E-state index is 0.197. The van der Waals surface area contributed by atoms with Gasteiger partial charge in [0.15, 0.2) is 5.79 Å². The van der Waals surface area contributed by atoms with Crippen LogP contribution < -0.4 is 4.74 Å². The summed E-state index contributed by atoms with van der Waals surface area (Å²) >= 11 is 11.9. The average Bonchev–Trinajstić information content (AvgIpc) is 3.19. The predicted molar refractivity (Wildman–Crippen MR) is 95.0 cm³/mol. The standard InChI is InChI=1S/C17H21Cl2N3O3/c1-16(2,3)17(9-22-11-20-10-21-22)24-8-13(25-17)7-23-12-4-5-14(18)15(19)6-12/h4-6,10-11,13H,7-9H2,1-3H3. The molecule has 0 N–H and O–H groups in total. The molecule has 2 atom stereocenters. The van der Waals surface area contributed by atoms with E-state index in [1.807, 2.05) is 0 Å². The number of hydrogen-bond donors (Lipinski definition) is 0. The second-order valence-corrected chi connectivity index (χ2v) is 7.85. The van der Waals surface area contributed by atoms with Gasteiger partial charge in [-0.3, -0.25) is 0 Å². The molecule has 2 unspecified atom stereocenters. The van der Waals surface area contributed by atoms with E-state index in [1.165, 1.54) is 6.33 Å². The van der Waals surface area contributed by atoms with Crippen molar-refractivity contribution in [2.45, 2.75) is 39.2 Å². The van der Waals surface area contributed by atoms with Gasteiger partial charge in [-0.15, -0.1) is 0 Å². The summed E-state index contributed by atoms with van der Waals surface area (Å²) in [7, 11) is 0. The van der Waals surface area contributed by atoms with Crippen LogP contribution in [-0.4, -0.2) is 39.9 Å². The zero-order chi connectivity index (χ0) is 18.1. The van der Waals surface area contributed by atoms with Gasteiger partial charge in [-0.25, -0.2) is 9.67 Å². The summed E-state index contributed by atoms with van der Waals surface area (Å²) in [5.74, 6) is -0.158. The Hall–Kier alpha value is -1.34. The summed E-state index contributed by atoms with van der Waals surface area (Å²) in [6, 6.07) is 5.16. The molecule has 0 spiro atoms. The topological polar surface area (TPSA) is 58.4 Å². The Morgan fingerprint density at radius 2 is 2.12 bits per heavy atom. The maximum absolute atomic E-state index is 6.27. The first kappa shape index (κ1) is 18.5. The summed E-state index contributed by atoms with van der Waals surface area (Å²) in [6.07, 6.45) is 2.95. The van der Waals surface area contributed by atoms with E-state index in [1.54, 1.807) is 29.2 Å². The van der Waals surface area contributed by atoms with Crippen molar-refractivity contribution in [2.75, 3.05) is 13.2 Å². The van der Waals surface area contributed by atoms with Crippen LogP contribution >= 0.6 is 23.2 Å². The van der Waals surface area contributed by atoms with Gasteiger partial charge in [0.05, 0.1) is 23.2 Å². The Kier molecular flexibility index (Phi) is 5.25. The molecule has 136 valence electrons. The molecule has 0 saturated carbocycles. The normalized spacial score (nSPS) is 23.8. The molecule has 6 nitrogen and oxygen atoms in total. The molecule has 2 aromatic rings. The average molecular weight is 386 g/mol. The maximum Gasteiger partial charge on any atom is 0.193 e. The SMILES string of the molecule is CC(C)(C)C1(Cn2cncn2)OCC(COc2ccc(Cl)c(Cl)c2)O1. The highest BCUT2D eigenvalue weighted by atomic mass is 35.5. The molecule has 25 heavy (non-hydrogen) atoms. The van der Waals surface area contributed by atoms with Gasteiger partial charge in [0.2, 0.25) is 0 Å². The Balaban J connectivity index is 1.66. The molecule has 0 amide bonds. The monoisotopic (exact) mass is 385 g/mol. The van der Waals surface area contributed by atoms with Crippen molar-refractivity contribution in [3.05, 3.63) is 40.9 Å². The van der Waals surface area contributed by atoms with Crippen LogP contribution in [0.25, 0.3) is 0 Å². The van der Waals surface area contributed by atoms with Crippen molar-refractivity contribution in [1.82, 2.24) is 14.8 Å². The lowest BCUT2D eigenvalue weighted by molar-refractivity contribution is -0.242. The first-order valence-corrected chi connectivity index (χ1v) is 8.77. The highest BCUT2D eigenvalue weighted by molar-refractivity contribution is 6.42. The van der Waals surface area contributed by atoms with E-state index in [0.717, 1.165) is 0 Å². The predicted octanol–water partition coefficient (Wildman–Crippen LogP) is 3.82. The molecule has 0 bridgehead atoms. The lowest BCUT2D eigenvalue weighted by Crippen LogP contribution is -2.48. The van der Waals surface area contributed by atoms with Gasteiger partial charge >= 0.3 is 0 Å². The van der Waals surface area contributed by atoms with Crippen LogP contribution in [0.1, 0.15) is 20.8 Å². The molecular weight excluding hydrogens is 365 g/mol. The number of ether oxygens (including phenoxy) is 3. The third kappa shape index (κ3) is 4.08. The number of halogens is 2. The smallest absolute Gasteiger partial charge is 0.193 e. The van der Waals surface area contributed by atoms with Crippen molar-refractivity contribution < 1.29 is 14.2 Å². The van der Waals surface area contributed by atoms with Crippen LogP contribution in [0.2, 0.25) is 10.0 Å². The zero-order valence-corrected chi connectivity index (χ0v) is 15.9. The molecule has 1 aromatic carbocycles. The van der Waals surface area contributed by atoms with Gasteiger partial charge in [-0.1, -0.05) is 44.0 Å². The second-order valence-electron chi connectivity index (χ2n) is 7.03. The van der Waals surface area contributed by atoms with Crippen molar-refractivity contribution in [3.8, 4) is 5.75 Å². The van der Waals surface area contributed by atoms with Gasteiger partial charge < -0.3 is 14.2 Å². The molecule has 0 aliphatic carbocycles. The molecule has 1 aliphatic rings. The van der Waals surface area contributed by atoms with Crippen LogP contribution in [0, 0.1) is 5.41 Å². The molecule has 0 radical (unpaired) electrons. The Bertz CT molecular complexity index is 718. The number of benzene rings is 1. The number of hydrogen-bond acceptors (Lipinski definition) is 5. The fourth-order valence-corrected chi connectivity index (χ4v) is 2.93. The zero-order valence-electron chi connectivity index (χ0n) is 14.4. The molecule has 8 heteroatoms. The highest BCUT2D eigenvalue weighted by Crippen LogP contribution is 2.41. The van der Waals surface area contributed by atoms with E-state index in [4.69, 9.17) is 37.4 Å². The van der Waals surface area contributed by atoms with E-state index in [9.17, 15) is 0 Å². The number of nitrogens with zero attached hydrogens (tertiary/aromatic N) is 3. The first-order chi connectivity index (χ1) is 11.8. The first-order valence-electron chi connectivity index (χ1n) is 8.01. The van der Waals surface area contributed by atoms with Gasteiger partial charge in [0.1, 0.15) is 31.1 Å². The lowest BCUT2D eigenvalue weighted by Gasteiger charge is -2.39. The molecule has 1 saturated heterocycles. The van der Waals surface area contributed by atoms with Crippen LogP contribution in [-0.2, 0) is 16.0 Å². The fraction of sp³-hybridized carbons (Fsp3) is 0.529. The van der Waals surface area contributed by atoms with Crippen LogP contribution in [0.15, 0.2) is 30.9 Å². The molecule has 1 aromatic heterocycles. The Labute approximate surface area is 157 Å². The summed E-state index contributed by atoms with van der Waals surface area (Å²) in [5, 5.41) is 5.11. The van der Waals surface area contributed by atoms with Crippen LogP contribution in [0.4, 0.5) is 0 Å². The van der Waals surface area contributed by atoms with Gasteiger partial charge in [-0.2, -0.15) is 5.10 Å². The largest absolute Gasteiger partial charge is 0.491 e. The van der Waals surface area contributed by atoms with Gasteiger partial charge in [0.25, 0.3) is 0 Å². The van der Waals surface area contributed by atoms with Gasteiger partial charge in [0, 0.05) is 11.5 Å². The molecule has 1 fully saturated rings. The van der Waals surface area contributed by atoms with Crippen LogP contribution in [0.3, 0.4) is 0 Å². The second kappa shape index (κ2) is 7.11. The summed E-state index contributed by atoms with van der Waals surface area (Å²) in [6.45, 7) is 7.48. The van der Waals surface area contributed by atoms with Crippen molar-refractivity contribution in [3.63, 3.8) is 0 Å². The Morgan fingerprint density at radius 1 is 1.32 bits per heavy atom. The van der Waals surface area contributed by atoms with Crippen molar-refractivity contribution >= 4 is 23.2 Å². The highest BCUT2D eigenvalue weighted by Gasteiger charge is 2.51. The molecular formula is C17H21Cl2N3O3. The van der Waals surface area contributed by atoms with Crippen molar-refractivity contribution in [1.29, 1.82) is 0 Å². The minimum atomic E-state index is -0.799. The fourth-order valence-electron chi connectivity index (χ4n) is 2.64. The van der Waals surface area contributed by atoms with E-state index in [-0.39, 0.29) is 11.5 Å². The summed E-state index contributed by atoms with van der Waals surface area (Å²) < 4.78 is 19.9. The summed E-state index contributed by atoms with van der Waals surface area (Å²) in [4.78, 5) is 3.98. The molecule has 2 heterocycles. The third-order valence-electron chi connectivity index (χ3n) is 4.17. The Morgan fingerprint density at radius 3 is 2.76 bits per heavy atom. The van der Waals surface area contributed by atoms with Crippen molar-refractivity contribution in [2.24, 2.45) is 5.41 Å². The molecule has 1 aliphatic heterocycles. The lowest BCUT2D eigenvalue weighted by atomic mass is 9.85. The van der Waals surface area contributed by atoms with E-state index < -0.39 is 5.79 Å². The minimum Gasteiger partial charge on any atom is -0.491 e. The number of rotatable bonds is 5. The summed E-state index contributed by atoms with van der Waals surface area (Å²) in [5.41, 5.74) is -0.253. The van der Waals surface area contributed by atoms with Crippen LogP contribution in [0.5, 0.6) is 5.75 Å². The number of aromatic nitrogens is 3. The molecule has 3 rings (SSSR count). The van der Waals surface area contributed by atoms with E-state index in [2.05, 4.69) is 30.9 Å². The van der Waals surface area contributed by atoms with E-state index >= 15 is 0 Å². The van der Waals surface area contributed by atoms with Gasteiger partial charge in [-0.05, 0) is 12.1 Å². The third-order valence-corrected chi connectivity index (χ3v) is 4.90. The maximum atomic E-state index is 6.27. The quantitative estimate of drug-likeness (QED) is 0.782. The van der Waals surface area contributed by atoms with E-state index in [0.29, 0.717) is 35.6 Å².